The van der Waals surface area contributed by atoms with Gasteiger partial charge in [-0.1, -0.05) is 80.6 Å². The molecular formula is C22H20O3. The molecule has 0 saturated heterocycles. The van der Waals surface area contributed by atoms with Crippen molar-refractivity contribution in [2.75, 3.05) is 0 Å². The Morgan fingerprint density at radius 2 is 1.48 bits per heavy atom. The zero-order valence-corrected chi connectivity index (χ0v) is 14.2. The lowest BCUT2D eigenvalue weighted by Gasteiger charge is -2.26. The molecule has 3 aromatic rings. The number of rotatable bonds is 4. The first-order chi connectivity index (χ1) is 11.9. The van der Waals surface area contributed by atoms with E-state index >= 15 is 0 Å². The second kappa shape index (κ2) is 6.44. The van der Waals surface area contributed by atoms with Gasteiger partial charge in [0.2, 0.25) is 0 Å². The molecule has 3 rings (SSSR count). The zero-order valence-electron chi connectivity index (χ0n) is 14.2. The van der Waals surface area contributed by atoms with Crippen LogP contribution >= 0.6 is 0 Å². The van der Waals surface area contributed by atoms with E-state index in [1.54, 1.807) is 12.1 Å². The first kappa shape index (κ1) is 16.8. The van der Waals surface area contributed by atoms with Crippen molar-refractivity contribution >= 4 is 5.97 Å². The van der Waals surface area contributed by atoms with Crippen LogP contribution in [-0.2, 0) is 5.41 Å². The Balaban J connectivity index is 2.13. The van der Waals surface area contributed by atoms with Crippen molar-refractivity contribution in [2.24, 2.45) is 0 Å². The van der Waals surface area contributed by atoms with Gasteiger partial charge in [-0.2, -0.15) is 0 Å². The molecule has 0 saturated carbocycles. The van der Waals surface area contributed by atoms with Gasteiger partial charge in [0, 0.05) is 5.41 Å². The molecule has 0 aliphatic rings. The van der Waals surface area contributed by atoms with E-state index in [-0.39, 0.29) is 16.7 Å². The van der Waals surface area contributed by atoms with Gasteiger partial charge >= 0.3 is 5.97 Å². The molecule has 25 heavy (non-hydrogen) atoms. The molecule has 0 aliphatic heterocycles. The number of carboxylic acids is 1. The van der Waals surface area contributed by atoms with Gasteiger partial charge in [-0.25, -0.2) is 4.79 Å². The first-order valence-electron chi connectivity index (χ1n) is 8.13. The van der Waals surface area contributed by atoms with Crippen molar-refractivity contribution in [2.45, 2.75) is 19.3 Å². The summed E-state index contributed by atoms with van der Waals surface area (Å²) in [7, 11) is 0. The number of carboxylic acid groups (broad SMARTS) is 1. The van der Waals surface area contributed by atoms with Crippen molar-refractivity contribution in [3.05, 3.63) is 89.5 Å². The van der Waals surface area contributed by atoms with Crippen LogP contribution in [0, 0.1) is 0 Å². The largest absolute Gasteiger partial charge is 0.507 e. The van der Waals surface area contributed by atoms with E-state index in [2.05, 4.69) is 26.0 Å². The number of hydrogen-bond acceptors (Lipinski definition) is 2. The van der Waals surface area contributed by atoms with Crippen LogP contribution in [0.1, 0.15) is 35.3 Å². The quantitative estimate of drug-likeness (QED) is 0.700. The SMILES string of the molecule is CC(C)(c1ccccc1)c1cccc(-c2cccc(O)c2C(=O)O)c1. The summed E-state index contributed by atoms with van der Waals surface area (Å²) in [5, 5.41) is 19.4. The van der Waals surface area contributed by atoms with E-state index in [1.807, 2.05) is 42.5 Å². The second-order valence-corrected chi connectivity index (χ2v) is 6.58. The maximum Gasteiger partial charge on any atom is 0.340 e. The van der Waals surface area contributed by atoms with Crippen molar-refractivity contribution in [1.82, 2.24) is 0 Å². The molecule has 2 N–H and O–H groups in total. The van der Waals surface area contributed by atoms with Crippen LogP contribution in [0.3, 0.4) is 0 Å². The van der Waals surface area contributed by atoms with Crippen molar-refractivity contribution in [3.63, 3.8) is 0 Å². The fourth-order valence-electron chi connectivity index (χ4n) is 3.10. The Bertz CT molecular complexity index is 912. The molecule has 3 aromatic carbocycles. The highest BCUT2D eigenvalue weighted by Crippen LogP contribution is 2.35. The lowest BCUT2D eigenvalue weighted by atomic mass is 9.77. The summed E-state index contributed by atoms with van der Waals surface area (Å²) in [5.74, 6) is -1.36. The Kier molecular flexibility index (Phi) is 4.32. The van der Waals surface area contributed by atoms with Gasteiger partial charge < -0.3 is 10.2 Å². The molecule has 126 valence electrons. The van der Waals surface area contributed by atoms with Gasteiger partial charge in [-0.05, 0) is 28.3 Å². The highest BCUT2D eigenvalue weighted by molar-refractivity contribution is 5.98. The lowest BCUT2D eigenvalue weighted by molar-refractivity contribution is 0.0694. The molecule has 3 nitrogen and oxygen atoms in total. The highest BCUT2D eigenvalue weighted by atomic mass is 16.4. The average molecular weight is 332 g/mol. The molecule has 0 aliphatic carbocycles. The minimum Gasteiger partial charge on any atom is -0.507 e. The maximum atomic E-state index is 11.6. The van der Waals surface area contributed by atoms with Crippen molar-refractivity contribution in [3.8, 4) is 16.9 Å². The molecule has 3 heteroatoms. The van der Waals surface area contributed by atoms with E-state index < -0.39 is 5.97 Å². The zero-order chi connectivity index (χ0) is 18.0. The van der Waals surface area contributed by atoms with Crippen LogP contribution in [0.4, 0.5) is 0 Å². The lowest BCUT2D eigenvalue weighted by Crippen LogP contribution is -2.18. The number of carbonyl (C=O) groups is 1. The summed E-state index contributed by atoms with van der Waals surface area (Å²) in [4.78, 5) is 11.6. The average Bonchev–Trinajstić information content (AvgIpc) is 2.62. The third kappa shape index (κ3) is 3.13. The van der Waals surface area contributed by atoms with Crippen LogP contribution in [0.5, 0.6) is 5.75 Å². The maximum absolute atomic E-state index is 11.6. The van der Waals surface area contributed by atoms with Crippen LogP contribution < -0.4 is 0 Å². The molecular weight excluding hydrogens is 312 g/mol. The fourth-order valence-corrected chi connectivity index (χ4v) is 3.10. The molecule has 0 bridgehead atoms. The van der Waals surface area contributed by atoms with E-state index in [9.17, 15) is 15.0 Å². The normalized spacial score (nSPS) is 11.3. The van der Waals surface area contributed by atoms with Crippen molar-refractivity contribution in [1.29, 1.82) is 0 Å². The Morgan fingerprint density at radius 1 is 0.840 bits per heavy atom. The molecule has 0 spiro atoms. The van der Waals surface area contributed by atoms with Gasteiger partial charge in [0.05, 0.1) is 0 Å². The predicted molar refractivity (Wildman–Crippen MR) is 99.1 cm³/mol. The second-order valence-electron chi connectivity index (χ2n) is 6.58. The van der Waals surface area contributed by atoms with Crippen LogP contribution in [0.2, 0.25) is 0 Å². The van der Waals surface area contributed by atoms with Gasteiger partial charge in [0.1, 0.15) is 11.3 Å². The summed E-state index contributed by atoms with van der Waals surface area (Å²) >= 11 is 0. The Hall–Kier alpha value is -3.07. The molecule has 0 amide bonds. The van der Waals surface area contributed by atoms with Gasteiger partial charge in [-0.15, -0.1) is 0 Å². The van der Waals surface area contributed by atoms with Crippen molar-refractivity contribution < 1.29 is 15.0 Å². The molecule has 0 unspecified atom stereocenters. The summed E-state index contributed by atoms with van der Waals surface area (Å²) in [6.07, 6.45) is 0. The number of aromatic hydroxyl groups is 1. The van der Waals surface area contributed by atoms with E-state index in [0.717, 1.165) is 11.1 Å². The minimum absolute atomic E-state index is 0.0721. The van der Waals surface area contributed by atoms with Crippen LogP contribution in [-0.4, -0.2) is 16.2 Å². The number of aromatic carboxylic acids is 1. The highest BCUT2D eigenvalue weighted by Gasteiger charge is 2.24. The van der Waals surface area contributed by atoms with E-state index in [0.29, 0.717) is 5.56 Å². The summed E-state index contributed by atoms with van der Waals surface area (Å²) in [5.41, 5.74) is 3.25. The minimum atomic E-state index is -1.14. The molecule has 0 fully saturated rings. The Morgan fingerprint density at radius 3 is 2.16 bits per heavy atom. The fraction of sp³-hybridized carbons (Fsp3) is 0.136. The molecule has 0 radical (unpaired) electrons. The number of phenols is 1. The third-order valence-electron chi connectivity index (χ3n) is 4.65. The monoisotopic (exact) mass is 332 g/mol. The summed E-state index contributed by atoms with van der Waals surface area (Å²) in [6, 6.07) is 22.8. The molecule has 0 heterocycles. The van der Waals surface area contributed by atoms with Gasteiger partial charge in [-0.3, -0.25) is 0 Å². The smallest absolute Gasteiger partial charge is 0.340 e. The number of hydrogen-bond donors (Lipinski definition) is 2. The third-order valence-corrected chi connectivity index (χ3v) is 4.65. The standard InChI is InChI=1S/C22H20O3/c1-22(2,16-9-4-3-5-10-16)17-11-6-8-15(14-17)18-12-7-13-19(23)20(18)21(24)25/h3-14,23H,1-2H3,(H,24,25). The molecule has 0 atom stereocenters. The Labute approximate surface area is 147 Å². The van der Waals surface area contributed by atoms with E-state index in [4.69, 9.17) is 0 Å². The number of benzene rings is 3. The van der Waals surface area contributed by atoms with Gasteiger partial charge in [0.15, 0.2) is 0 Å². The topological polar surface area (TPSA) is 57.5 Å². The summed E-state index contributed by atoms with van der Waals surface area (Å²) in [6.45, 7) is 4.28. The summed E-state index contributed by atoms with van der Waals surface area (Å²) < 4.78 is 0. The van der Waals surface area contributed by atoms with Crippen LogP contribution in [0.15, 0.2) is 72.8 Å². The first-order valence-corrected chi connectivity index (χ1v) is 8.13. The van der Waals surface area contributed by atoms with E-state index in [1.165, 1.54) is 11.6 Å². The van der Waals surface area contributed by atoms with Crippen LogP contribution in [0.25, 0.3) is 11.1 Å². The molecule has 0 aromatic heterocycles. The predicted octanol–water partition coefficient (Wildman–Crippen LogP) is 5.08. The van der Waals surface area contributed by atoms with Gasteiger partial charge in [0.25, 0.3) is 0 Å².